The largest absolute Gasteiger partial charge is 0.372 e. The first kappa shape index (κ1) is 79.0. The van der Waals surface area contributed by atoms with Crippen LogP contribution >= 0.6 is 0 Å². The van der Waals surface area contributed by atoms with E-state index in [1.807, 2.05) is 0 Å². The van der Waals surface area contributed by atoms with Crippen molar-refractivity contribution >= 4 is 135 Å². The van der Waals surface area contributed by atoms with Gasteiger partial charge in [-0.2, -0.15) is 0 Å². The maximum Gasteiger partial charge on any atom is 0.0379 e. The summed E-state index contributed by atoms with van der Waals surface area (Å²) in [6, 6.07) is 33.6. The highest BCUT2D eigenvalue weighted by atomic mass is 15.1. The van der Waals surface area contributed by atoms with Crippen LogP contribution in [-0.2, 0) is 32.1 Å². The van der Waals surface area contributed by atoms with Crippen LogP contribution in [0.1, 0.15) is 403 Å². The summed E-state index contributed by atoms with van der Waals surface area (Å²) >= 11 is 0. The number of aryl methyl sites for hydroxylation is 5. The Bertz CT molecular complexity index is 4520. The quantitative estimate of drug-likeness (QED) is 0.0209. The molecule has 0 spiro atoms. The van der Waals surface area contributed by atoms with Gasteiger partial charge in [-0.25, -0.2) is 0 Å². The van der Waals surface area contributed by atoms with Gasteiger partial charge in [0.1, 0.15) is 0 Å². The van der Waals surface area contributed by atoms with Crippen molar-refractivity contribution in [2.24, 2.45) is 0 Å². The summed E-state index contributed by atoms with van der Waals surface area (Å²) < 4.78 is 0. The molecule has 0 saturated carbocycles. The molecule has 1 aliphatic heterocycles. The Balaban J connectivity index is 0.980. The summed E-state index contributed by atoms with van der Waals surface area (Å²) in [5.74, 6) is 0. The van der Waals surface area contributed by atoms with E-state index in [0.29, 0.717) is 0 Å². The van der Waals surface area contributed by atoms with E-state index in [1.165, 1.54) is 357 Å². The average molecular weight is 1450 g/mol. The van der Waals surface area contributed by atoms with E-state index in [-0.39, 0.29) is 0 Å². The average Bonchev–Trinajstić information content (AvgIpc) is 0.643. The number of anilines is 1. The Hall–Kier alpha value is -5.66. The maximum atomic E-state index is 2.83. The van der Waals surface area contributed by atoms with Gasteiger partial charge in [0.15, 0.2) is 0 Å². The Morgan fingerprint density at radius 1 is 0.167 bits per heavy atom. The molecule has 1 heteroatoms. The van der Waals surface area contributed by atoms with Crippen molar-refractivity contribution in [2.45, 2.75) is 407 Å². The van der Waals surface area contributed by atoms with Crippen LogP contribution in [0.5, 0.6) is 0 Å². The fraction of sp³-hybridized carbons (Fsp3) is 0.607. The molecule has 1 aliphatic rings. The van der Waals surface area contributed by atoms with Crippen LogP contribution in [0.25, 0.3) is 129 Å². The Morgan fingerprint density at radius 2 is 0.315 bits per heavy atom. The van der Waals surface area contributed by atoms with Crippen molar-refractivity contribution in [3.8, 4) is 0 Å². The number of benzene rings is 13. The lowest BCUT2D eigenvalue weighted by Gasteiger charge is -2.32. The second kappa shape index (κ2) is 40.2. The lowest BCUT2D eigenvalue weighted by Crippen LogP contribution is -2.29. The van der Waals surface area contributed by atoms with Crippen molar-refractivity contribution in [3.63, 3.8) is 0 Å². The number of unbranched alkanes of at least 4 members (excludes halogenated alkanes) is 45. The molecule has 0 radical (unpaired) electrons. The first-order chi connectivity index (χ1) is 53.5. The SMILES string of the molecule is CCCCCCCCCCCCc1cc2c3cc(CCCCCCCCCCCC)cc4c5cc(CCCCCCCCCCCC)cc6c7cc(N8CCCCC8)cc8c9cc(CCCCCCCCCCCC)cc%10c%11cc(CCCCCCCCCCCC)cc%12c(c1)c2c1c(c34)c(c56)c(c78)c(c%109)c1c%12%11. The maximum absolute atomic E-state index is 2.83. The van der Waals surface area contributed by atoms with Crippen LogP contribution in [0.15, 0.2) is 72.8 Å². The molecule has 14 rings (SSSR count). The summed E-state index contributed by atoms with van der Waals surface area (Å²) in [5.41, 5.74) is 9.35. The molecule has 0 aliphatic carbocycles. The molecule has 0 unspecified atom stereocenters. The number of hydrogen-bond acceptors (Lipinski definition) is 1. The number of piperidine rings is 1. The molecule has 1 saturated heterocycles. The third-order valence-corrected chi connectivity index (χ3v) is 27.7. The van der Waals surface area contributed by atoms with Gasteiger partial charge < -0.3 is 4.90 Å². The van der Waals surface area contributed by atoms with Crippen LogP contribution in [0.4, 0.5) is 5.69 Å². The van der Waals surface area contributed by atoms with Gasteiger partial charge >= 0.3 is 0 Å². The topological polar surface area (TPSA) is 3.24 Å². The minimum absolute atomic E-state index is 1.16. The fourth-order valence-electron chi connectivity index (χ4n) is 21.7. The van der Waals surface area contributed by atoms with Gasteiger partial charge in [-0.05, 0) is 253 Å². The smallest absolute Gasteiger partial charge is 0.0379 e. The highest BCUT2D eigenvalue weighted by Gasteiger charge is 2.33. The Kier molecular flexibility index (Phi) is 29.4. The molecule has 0 amide bonds. The van der Waals surface area contributed by atoms with Gasteiger partial charge in [-0.1, -0.05) is 384 Å². The number of hydrogen-bond donors (Lipinski definition) is 0. The van der Waals surface area contributed by atoms with E-state index < -0.39 is 0 Å². The molecule has 13 aromatic rings. The minimum Gasteiger partial charge on any atom is -0.372 e. The highest BCUT2D eigenvalue weighted by Crippen LogP contribution is 2.61. The van der Waals surface area contributed by atoms with Gasteiger partial charge in [0.25, 0.3) is 0 Å². The van der Waals surface area contributed by atoms with Gasteiger partial charge in [-0.3, -0.25) is 0 Å². The van der Waals surface area contributed by atoms with E-state index in [9.17, 15) is 0 Å². The fourth-order valence-corrected chi connectivity index (χ4v) is 21.7. The molecule has 0 bridgehead atoms. The van der Waals surface area contributed by atoms with E-state index in [1.54, 1.807) is 146 Å². The van der Waals surface area contributed by atoms with Crippen LogP contribution in [0, 0.1) is 0 Å². The molecule has 1 nitrogen and oxygen atoms in total. The summed E-state index contributed by atoms with van der Waals surface area (Å²) in [6.07, 6.45) is 78.5. The molecule has 0 atom stereocenters. The predicted molar refractivity (Wildman–Crippen MR) is 487 cm³/mol. The normalized spacial score (nSPS) is 13.6. The van der Waals surface area contributed by atoms with Gasteiger partial charge in [0.2, 0.25) is 0 Å². The van der Waals surface area contributed by atoms with E-state index in [4.69, 9.17) is 0 Å². The molecule has 0 aromatic heterocycles. The Morgan fingerprint density at radius 3 is 0.481 bits per heavy atom. The molecular formula is C107H147N. The lowest BCUT2D eigenvalue weighted by atomic mass is 9.72. The molecule has 1 fully saturated rings. The number of nitrogens with zero attached hydrogens (tertiary/aromatic N) is 1. The monoisotopic (exact) mass is 1450 g/mol. The minimum atomic E-state index is 1.16. The van der Waals surface area contributed by atoms with Crippen LogP contribution < -0.4 is 4.90 Å². The first-order valence-corrected chi connectivity index (χ1v) is 47.6. The van der Waals surface area contributed by atoms with Crippen molar-refractivity contribution in [2.75, 3.05) is 18.0 Å². The number of fused-ring (bicyclic) bond motifs is 6. The van der Waals surface area contributed by atoms with Crippen molar-refractivity contribution in [1.82, 2.24) is 0 Å². The van der Waals surface area contributed by atoms with Crippen LogP contribution in [-0.4, -0.2) is 13.1 Å². The summed E-state index contributed by atoms with van der Waals surface area (Å²) in [6.45, 7) is 14.1. The Labute approximate surface area is 656 Å². The van der Waals surface area contributed by atoms with Gasteiger partial charge in [-0.15, -0.1) is 0 Å². The standard InChI is InChI=1S/C107H147N/c1-6-11-16-21-26-31-36-41-46-52-59-78-66-84-86-68-79(60-53-47-42-37-32-27-22-17-12-7-2)70-88-90-72-81(62-55-49-44-39-34-29-24-19-14-9-4)74-92-94-76-83(108-64-57-51-58-65-108)77-95-93-75-82(63-56-50-45-40-35-30-25-20-15-10-5)73-91-89-71-80(61-54-48-43-38-33-28-23-18-13-8-3)69-87-85(67-78)96(84)102-103(97(86)88)105(99(90)92)107(101(94)95)106(100(91)93)104(102)98(87)89/h66-77H,6-65H2,1-5H3. The molecule has 13 aromatic carbocycles. The van der Waals surface area contributed by atoms with Crippen molar-refractivity contribution in [3.05, 3.63) is 101 Å². The highest BCUT2D eigenvalue weighted by molar-refractivity contribution is 6.61. The molecular weight excluding hydrogens is 1300 g/mol. The molecule has 1 heterocycles. The second-order valence-electron chi connectivity index (χ2n) is 36.2. The summed E-state index contributed by atoms with van der Waals surface area (Å²) in [5, 5.41) is 37.6. The number of rotatable bonds is 56. The van der Waals surface area contributed by atoms with Gasteiger partial charge in [0, 0.05) is 18.8 Å². The third-order valence-electron chi connectivity index (χ3n) is 27.7. The lowest BCUT2D eigenvalue weighted by molar-refractivity contribution is 0.556. The molecule has 580 valence electrons. The van der Waals surface area contributed by atoms with Crippen LogP contribution in [0.3, 0.4) is 0 Å². The van der Waals surface area contributed by atoms with E-state index >= 15 is 0 Å². The third kappa shape index (κ3) is 18.0. The second-order valence-corrected chi connectivity index (χ2v) is 36.2. The van der Waals surface area contributed by atoms with Crippen molar-refractivity contribution < 1.29 is 0 Å². The zero-order valence-corrected chi connectivity index (χ0v) is 69.8. The summed E-state index contributed by atoms with van der Waals surface area (Å²) in [7, 11) is 0. The van der Waals surface area contributed by atoms with Crippen LogP contribution in [0.2, 0.25) is 0 Å². The van der Waals surface area contributed by atoms with E-state index in [2.05, 4.69) is 112 Å². The zero-order chi connectivity index (χ0) is 73.8. The van der Waals surface area contributed by atoms with E-state index in [0.717, 1.165) is 45.2 Å². The predicted octanol–water partition coefficient (Wildman–Crippen LogP) is 35.5. The van der Waals surface area contributed by atoms with Gasteiger partial charge in [0.05, 0.1) is 0 Å². The first-order valence-electron chi connectivity index (χ1n) is 47.6. The molecule has 108 heavy (non-hydrogen) atoms. The van der Waals surface area contributed by atoms with Crippen molar-refractivity contribution in [1.29, 1.82) is 0 Å². The zero-order valence-electron chi connectivity index (χ0n) is 69.8. The molecule has 0 N–H and O–H groups in total. The summed E-state index contributed by atoms with van der Waals surface area (Å²) in [4.78, 5) is 2.83.